The third-order valence-corrected chi connectivity index (χ3v) is 2.69. The second-order valence-corrected chi connectivity index (χ2v) is 4.43. The topological polar surface area (TPSA) is 92.9 Å². The van der Waals surface area contributed by atoms with Crippen LogP contribution in [0.1, 0.15) is 10.5 Å². The highest BCUT2D eigenvalue weighted by atomic mass is 79.9. The lowest BCUT2D eigenvalue weighted by Crippen LogP contribution is -2.17. The minimum atomic E-state index is -0.578. The van der Waals surface area contributed by atoms with E-state index in [1.165, 1.54) is 24.5 Å². The summed E-state index contributed by atoms with van der Waals surface area (Å²) >= 11 is 3.13. The first kappa shape index (κ1) is 13.4. The summed E-state index contributed by atoms with van der Waals surface area (Å²) in [6.45, 7) is 0. The van der Waals surface area contributed by atoms with Crippen molar-refractivity contribution in [3.63, 3.8) is 0 Å². The van der Waals surface area contributed by atoms with Gasteiger partial charge in [0.05, 0.1) is 18.1 Å². The van der Waals surface area contributed by atoms with Gasteiger partial charge >= 0.3 is 0 Å². The highest BCUT2D eigenvalue weighted by Gasteiger charge is 2.11. The number of carbonyl (C=O) groups is 1. The zero-order chi connectivity index (χ0) is 13.8. The number of benzene rings is 1. The molecule has 0 spiro atoms. The molecule has 8 heteroatoms. The van der Waals surface area contributed by atoms with Crippen LogP contribution in [0.25, 0.3) is 0 Å². The molecule has 6 nitrogen and oxygen atoms in total. The smallest absolute Gasteiger partial charge is 0.276 e. The molecule has 0 saturated carbocycles. The number of carbonyl (C=O) groups excluding carboxylic acids is 1. The van der Waals surface area contributed by atoms with Crippen LogP contribution in [0.15, 0.2) is 35.1 Å². The van der Waals surface area contributed by atoms with Crippen molar-refractivity contribution in [3.8, 4) is 0 Å². The summed E-state index contributed by atoms with van der Waals surface area (Å²) in [5, 5.41) is 2.40. The van der Waals surface area contributed by atoms with E-state index in [4.69, 9.17) is 5.84 Å². The van der Waals surface area contributed by atoms with E-state index in [2.05, 4.69) is 36.6 Å². The Hall–Kier alpha value is -2.06. The first-order chi connectivity index (χ1) is 9.10. The molecule has 1 aromatic carbocycles. The van der Waals surface area contributed by atoms with E-state index in [1.807, 2.05) is 0 Å². The molecule has 0 aliphatic carbocycles. The van der Waals surface area contributed by atoms with Gasteiger partial charge in [-0.15, -0.1) is 0 Å². The second-order valence-electron chi connectivity index (χ2n) is 3.51. The number of aromatic nitrogens is 2. The Morgan fingerprint density at radius 2 is 2.16 bits per heavy atom. The fraction of sp³-hybridized carbons (Fsp3) is 0. The molecule has 1 heterocycles. The van der Waals surface area contributed by atoms with Crippen LogP contribution in [-0.2, 0) is 0 Å². The van der Waals surface area contributed by atoms with Gasteiger partial charge in [-0.05, 0) is 18.2 Å². The summed E-state index contributed by atoms with van der Waals surface area (Å²) < 4.78 is 14.1. The van der Waals surface area contributed by atoms with Gasteiger partial charge in [-0.3, -0.25) is 9.78 Å². The summed E-state index contributed by atoms with van der Waals surface area (Å²) in [4.78, 5) is 19.5. The van der Waals surface area contributed by atoms with Crippen molar-refractivity contribution in [2.24, 2.45) is 5.84 Å². The van der Waals surface area contributed by atoms with Crippen LogP contribution < -0.4 is 16.6 Å². The Morgan fingerprint density at radius 3 is 2.84 bits per heavy atom. The fourth-order valence-electron chi connectivity index (χ4n) is 1.32. The molecule has 0 bridgehead atoms. The molecule has 0 aliphatic heterocycles. The lowest BCUT2D eigenvalue weighted by Gasteiger charge is -2.06. The van der Waals surface area contributed by atoms with Crippen LogP contribution in [0, 0.1) is 5.82 Å². The van der Waals surface area contributed by atoms with E-state index >= 15 is 0 Å². The van der Waals surface area contributed by atoms with Crippen LogP contribution in [0.5, 0.6) is 0 Å². The van der Waals surface area contributed by atoms with Gasteiger partial charge in [0.15, 0.2) is 5.82 Å². The van der Waals surface area contributed by atoms with Gasteiger partial charge in [0, 0.05) is 4.47 Å². The molecule has 2 rings (SSSR count). The minimum absolute atomic E-state index is 0.0257. The average Bonchev–Trinajstić information content (AvgIpc) is 2.42. The molecule has 2 aromatic rings. The number of nitrogens with one attached hydrogen (secondary N) is 2. The van der Waals surface area contributed by atoms with Gasteiger partial charge in [0.25, 0.3) is 5.91 Å². The molecule has 1 amide bonds. The van der Waals surface area contributed by atoms with Gasteiger partial charge in [-0.1, -0.05) is 15.9 Å². The zero-order valence-electron chi connectivity index (χ0n) is 9.52. The number of halogens is 2. The van der Waals surface area contributed by atoms with Crippen LogP contribution in [0.4, 0.5) is 15.9 Å². The number of hydrogen-bond donors (Lipinski definition) is 3. The van der Waals surface area contributed by atoms with E-state index in [1.54, 1.807) is 6.07 Å². The Labute approximate surface area is 116 Å². The highest BCUT2D eigenvalue weighted by molar-refractivity contribution is 9.10. The lowest BCUT2D eigenvalue weighted by molar-refractivity contribution is 0.102. The van der Waals surface area contributed by atoms with Crippen LogP contribution in [-0.4, -0.2) is 15.9 Å². The Bertz CT molecular complexity index is 622. The third-order valence-electron chi connectivity index (χ3n) is 2.19. The molecular formula is C11H9BrFN5O. The van der Waals surface area contributed by atoms with Crippen molar-refractivity contribution in [3.05, 3.63) is 46.6 Å². The van der Waals surface area contributed by atoms with Gasteiger partial charge < -0.3 is 10.7 Å². The predicted molar refractivity (Wildman–Crippen MR) is 71.9 cm³/mol. The van der Waals surface area contributed by atoms with E-state index in [0.717, 1.165) is 0 Å². The minimum Gasteiger partial charge on any atom is -0.318 e. The van der Waals surface area contributed by atoms with Crippen LogP contribution in [0.3, 0.4) is 0 Å². The molecule has 98 valence electrons. The molecule has 0 radical (unpaired) electrons. The number of nitrogens with two attached hydrogens (primary N) is 1. The SMILES string of the molecule is NNc1cncc(C(=O)Nc2ccc(Br)cc2F)n1. The normalized spacial score (nSPS) is 10.1. The fourth-order valence-corrected chi connectivity index (χ4v) is 1.66. The molecule has 0 atom stereocenters. The summed E-state index contributed by atoms with van der Waals surface area (Å²) in [6, 6.07) is 4.30. The number of amides is 1. The van der Waals surface area contributed by atoms with E-state index in [9.17, 15) is 9.18 Å². The second kappa shape index (κ2) is 5.72. The van der Waals surface area contributed by atoms with Crippen molar-refractivity contribution >= 4 is 33.3 Å². The maximum Gasteiger partial charge on any atom is 0.276 e. The Kier molecular flexibility index (Phi) is 4.03. The van der Waals surface area contributed by atoms with E-state index < -0.39 is 11.7 Å². The van der Waals surface area contributed by atoms with Crippen molar-refractivity contribution in [2.45, 2.75) is 0 Å². The van der Waals surface area contributed by atoms with Gasteiger partial charge in [0.1, 0.15) is 11.5 Å². The summed E-state index contributed by atoms with van der Waals surface area (Å²) in [5.74, 6) is 4.27. The number of hydrazine groups is 1. The van der Waals surface area contributed by atoms with E-state index in [0.29, 0.717) is 4.47 Å². The number of rotatable bonds is 3. The molecule has 4 N–H and O–H groups in total. The monoisotopic (exact) mass is 325 g/mol. The van der Waals surface area contributed by atoms with Crippen molar-refractivity contribution in [1.29, 1.82) is 0 Å². The van der Waals surface area contributed by atoms with Gasteiger partial charge in [-0.2, -0.15) is 0 Å². The lowest BCUT2D eigenvalue weighted by atomic mass is 10.3. The molecule has 0 fully saturated rings. The van der Waals surface area contributed by atoms with Crippen LogP contribution in [0.2, 0.25) is 0 Å². The Balaban J connectivity index is 2.20. The number of nitrogen functional groups attached to an aromatic ring is 1. The molecule has 19 heavy (non-hydrogen) atoms. The maximum absolute atomic E-state index is 13.6. The van der Waals surface area contributed by atoms with Crippen molar-refractivity contribution in [2.75, 3.05) is 10.7 Å². The third kappa shape index (κ3) is 3.24. The van der Waals surface area contributed by atoms with Crippen molar-refractivity contribution < 1.29 is 9.18 Å². The molecule has 1 aromatic heterocycles. The number of nitrogens with zero attached hydrogens (tertiary/aromatic N) is 2. The molecule has 0 saturated heterocycles. The Morgan fingerprint density at radius 1 is 1.37 bits per heavy atom. The predicted octanol–water partition coefficient (Wildman–Crippen LogP) is 1.92. The quantitative estimate of drug-likeness (QED) is 0.592. The zero-order valence-corrected chi connectivity index (χ0v) is 11.1. The summed E-state index contributed by atoms with van der Waals surface area (Å²) in [6.07, 6.45) is 2.62. The molecule has 0 aliphatic rings. The number of anilines is 2. The first-order valence-electron chi connectivity index (χ1n) is 5.15. The maximum atomic E-state index is 13.6. The highest BCUT2D eigenvalue weighted by Crippen LogP contribution is 2.19. The first-order valence-corrected chi connectivity index (χ1v) is 5.94. The molecular weight excluding hydrogens is 317 g/mol. The van der Waals surface area contributed by atoms with Gasteiger partial charge in [0.2, 0.25) is 0 Å². The summed E-state index contributed by atoms with van der Waals surface area (Å²) in [5.41, 5.74) is 2.35. The largest absolute Gasteiger partial charge is 0.318 e. The van der Waals surface area contributed by atoms with Crippen molar-refractivity contribution in [1.82, 2.24) is 9.97 Å². The molecule has 0 unspecified atom stereocenters. The van der Waals surface area contributed by atoms with Crippen LogP contribution >= 0.6 is 15.9 Å². The van der Waals surface area contributed by atoms with Gasteiger partial charge in [-0.25, -0.2) is 15.2 Å². The average molecular weight is 326 g/mol. The van der Waals surface area contributed by atoms with E-state index in [-0.39, 0.29) is 17.2 Å². The number of hydrogen-bond acceptors (Lipinski definition) is 5. The summed E-state index contributed by atoms with van der Waals surface area (Å²) in [7, 11) is 0. The standard InChI is InChI=1S/C11H9BrFN5O/c12-6-1-2-8(7(13)3-6)17-11(19)9-4-15-5-10(16-9)18-14/h1-5H,14H2,(H,16,18)(H,17,19).